The maximum Gasteiger partial charge on any atom is 0.163 e. The van der Waals surface area contributed by atoms with Crippen molar-refractivity contribution in [2.75, 3.05) is 19.8 Å². The van der Waals surface area contributed by atoms with Gasteiger partial charge in [-0.2, -0.15) is 0 Å². The van der Waals surface area contributed by atoms with Crippen LogP contribution < -0.4 is 15.2 Å². The van der Waals surface area contributed by atoms with Gasteiger partial charge in [-0.15, -0.1) is 0 Å². The molecule has 0 spiro atoms. The van der Waals surface area contributed by atoms with Gasteiger partial charge in [0.1, 0.15) is 19.0 Å². The minimum absolute atomic E-state index is 0.577. The molecular weight excluding hydrogens is 290 g/mol. The molecule has 1 aromatic carbocycles. The molecule has 2 aromatic rings. The van der Waals surface area contributed by atoms with Crippen molar-refractivity contribution >= 4 is 11.0 Å². The Hall–Kier alpha value is -1.75. The first-order chi connectivity index (χ1) is 11.4. The van der Waals surface area contributed by atoms with E-state index in [9.17, 15) is 0 Å². The number of nitrogens with zero attached hydrogens (tertiary/aromatic N) is 2. The summed E-state index contributed by atoms with van der Waals surface area (Å²) >= 11 is 0. The second kappa shape index (κ2) is 6.40. The number of fused-ring (bicyclic) bond motifs is 2. The van der Waals surface area contributed by atoms with Crippen molar-refractivity contribution in [1.29, 1.82) is 0 Å². The van der Waals surface area contributed by atoms with Crippen LogP contribution in [0.3, 0.4) is 0 Å². The Kier molecular flexibility index (Phi) is 4.12. The molecule has 5 nitrogen and oxygen atoms in total. The van der Waals surface area contributed by atoms with Crippen molar-refractivity contribution in [2.45, 2.75) is 51.0 Å². The fourth-order valence-electron chi connectivity index (χ4n) is 3.84. The molecular formula is C18H25N3O2. The lowest BCUT2D eigenvalue weighted by Crippen LogP contribution is -2.15. The molecule has 2 N–H and O–H groups in total. The maximum absolute atomic E-state index is 5.75. The standard InChI is InChI=1S/C18H25N3O2/c19-7-4-8-21-15-12-17-16(22-9-10-23-17)11-14(15)20-18(21)13-5-2-1-3-6-13/h11-13H,1-10,19H2. The highest BCUT2D eigenvalue weighted by atomic mass is 16.6. The van der Waals surface area contributed by atoms with Gasteiger partial charge in [-0.3, -0.25) is 0 Å². The number of aromatic nitrogens is 2. The van der Waals surface area contributed by atoms with E-state index in [1.807, 2.05) is 6.07 Å². The lowest BCUT2D eigenvalue weighted by molar-refractivity contribution is 0.172. The topological polar surface area (TPSA) is 62.3 Å². The van der Waals surface area contributed by atoms with E-state index in [0.29, 0.717) is 25.7 Å². The predicted octanol–water partition coefficient (Wildman–Crippen LogP) is 3.20. The second-order valence-electron chi connectivity index (χ2n) is 6.58. The van der Waals surface area contributed by atoms with E-state index in [1.165, 1.54) is 37.9 Å². The van der Waals surface area contributed by atoms with Crippen LogP contribution in [0.4, 0.5) is 0 Å². The molecule has 1 saturated carbocycles. The number of nitrogens with two attached hydrogens (primary N) is 1. The van der Waals surface area contributed by atoms with Gasteiger partial charge in [-0.05, 0) is 25.8 Å². The molecule has 0 radical (unpaired) electrons. The molecule has 0 amide bonds. The van der Waals surface area contributed by atoms with E-state index in [1.54, 1.807) is 0 Å². The van der Waals surface area contributed by atoms with Gasteiger partial charge >= 0.3 is 0 Å². The van der Waals surface area contributed by atoms with Crippen molar-refractivity contribution < 1.29 is 9.47 Å². The number of imidazole rings is 1. The Labute approximate surface area is 136 Å². The molecule has 23 heavy (non-hydrogen) atoms. The number of benzene rings is 1. The third-order valence-corrected chi connectivity index (χ3v) is 5.00. The largest absolute Gasteiger partial charge is 0.486 e. The van der Waals surface area contributed by atoms with Gasteiger partial charge in [0.2, 0.25) is 0 Å². The zero-order valence-corrected chi connectivity index (χ0v) is 13.6. The number of ether oxygens (including phenoxy) is 2. The van der Waals surface area contributed by atoms with Crippen LogP contribution >= 0.6 is 0 Å². The normalized spacial score (nSPS) is 18.5. The Morgan fingerprint density at radius 1 is 1.09 bits per heavy atom. The first-order valence-corrected chi connectivity index (χ1v) is 8.86. The molecule has 0 bridgehead atoms. The third kappa shape index (κ3) is 2.78. The molecule has 0 atom stereocenters. The highest BCUT2D eigenvalue weighted by molar-refractivity contribution is 5.81. The molecule has 1 aromatic heterocycles. The van der Waals surface area contributed by atoms with Crippen LogP contribution in [0.2, 0.25) is 0 Å². The van der Waals surface area contributed by atoms with Crippen molar-refractivity contribution in [2.24, 2.45) is 5.73 Å². The Balaban J connectivity index is 1.79. The summed E-state index contributed by atoms with van der Waals surface area (Å²) in [6, 6.07) is 4.13. The van der Waals surface area contributed by atoms with Crippen LogP contribution in [0.15, 0.2) is 12.1 Å². The summed E-state index contributed by atoms with van der Waals surface area (Å²) in [5.74, 6) is 3.47. The van der Waals surface area contributed by atoms with E-state index >= 15 is 0 Å². The Morgan fingerprint density at radius 2 is 1.83 bits per heavy atom. The molecule has 5 heteroatoms. The summed E-state index contributed by atoms with van der Waals surface area (Å²) in [6.45, 7) is 2.86. The van der Waals surface area contributed by atoms with Crippen molar-refractivity contribution in [1.82, 2.24) is 9.55 Å². The number of hydrogen-bond acceptors (Lipinski definition) is 4. The van der Waals surface area contributed by atoms with Gasteiger partial charge in [0.15, 0.2) is 11.5 Å². The molecule has 124 valence electrons. The zero-order chi connectivity index (χ0) is 15.6. The molecule has 2 heterocycles. The summed E-state index contributed by atoms with van der Waals surface area (Å²) in [7, 11) is 0. The van der Waals surface area contributed by atoms with Crippen LogP contribution in [0, 0.1) is 0 Å². The van der Waals surface area contributed by atoms with Gasteiger partial charge < -0.3 is 19.8 Å². The van der Waals surface area contributed by atoms with E-state index in [0.717, 1.165) is 35.5 Å². The van der Waals surface area contributed by atoms with Crippen LogP contribution in [0.1, 0.15) is 50.3 Å². The summed E-state index contributed by atoms with van der Waals surface area (Å²) < 4.78 is 13.8. The summed E-state index contributed by atoms with van der Waals surface area (Å²) in [5.41, 5.74) is 7.93. The van der Waals surface area contributed by atoms with Gasteiger partial charge in [0.05, 0.1) is 11.0 Å². The van der Waals surface area contributed by atoms with Crippen molar-refractivity contribution in [3.8, 4) is 11.5 Å². The van der Waals surface area contributed by atoms with Gasteiger partial charge in [0.25, 0.3) is 0 Å². The van der Waals surface area contributed by atoms with Crippen LogP contribution in [0.5, 0.6) is 11.5 Å². The number of hydrogen-bond donors (Lipinski definition) is 1. The summed E-state index contributed by atoms with van der Waals surface area (Å²) in [4.78, 5) is 4.98. The molecule has 1 aliphatic heterocycles. The fourth-order valence-corrected chi connectivity index (χ4v) is 3.84. The molecule has 0 unspecified atom stereocenters. The average molecular weight is 315 g/mol. The minimum atomic E-state index is 0.577. The number of aryl methyl sites for hydroxylation is 1. The third-order valence-electron chi connectivity index (χ3n) is 5.00. The zero-order valence-electron chi connectivity index (χ0n) is 13.6. The molecule has 0 saturated heterocycles. The van der Waals surface area contributed by atoms with Crippen molar-refractivity contribution in [3.05, 3.63) is 18.0 Å². The molecule has 4 rings (SSSR count). The van der Waals surface area contributed by atoms with Crippen LogP contribution in [0.25, 0.3) is 11.0 Å². The van der Waals surface area contributed by atoms with E-state index < -0.39 is 0 Å². The van der Waals surface area contributed by atoms with Gasteiger partial charge in [0, 0.05) is 24.6 Å². The van der Waals surface area contributed by atoms with Gasteiger partial charge in [-0.1, -0.05) is 19.3 Å². The quantitative estimate of drug-likeness (QED) is 0.941. The summed E-state index contributed by atoms with van der Waals surface area (Å²) in [5, 5.41) is 0. The Morgan fingerprint density at radius 3 is 2.57 bits per heavy atom. The molecule has 1 fully saturated rings. The maximum atomic E-state index is 5.75. The lowest BCUT2D eigenvalue weighted by Gasteiger charge is -2.22. The van der Waals surface area contributed by atoms with E-state index in [2.05, 4.69) is 10.6 Å². The van der Waals surface area contributed by atoms with E-state index in [4.69, 9.17) is 20.2 Å². The predicted molar refractivity (Wildman–Crippen MR) is 90.2 cm³/mol. The molecule has 2 aliphatic rings. The van der Waals surface area contributed by atoms with Crippen molar-refractivity contribution in [3.63, 3.8) is 0 Å². The smallest absolute Gasteiger partial charge is 0.163 e. The monoisotopic (exact) mass is 315 g/mol. The Bertz CT molecular complexity index is 689. The first kappa shape index (κ1) is 14.8. The van der Waals surface area contributed by atoms with E-state index in [-0.39, 0.29) is 0 Å². The second-order valence-corrected chi connectivity index (χ2v) is 6.58. The fraction of sp³-hybridized carbons (Fsp3) is 0.611. The van der Waals surface area contributed by atoms with Crippen LogP contribution in [-0.4, -0.2) is 29.3 Å². The average Bonchev–Trinajstić information content (AvgIpc) is 2.96. The SMILES string of the molecule is NCCCn1c(C2CCCCC2)nc2cc3c(cc21)OCCO3. The van der Waals surface area contributed by atoms with Gasteiger partial charge in [-0.25, -0.2) is 4.98 Å². The number of rotatable bonds is 4. The molecule has 1 aliphatic carbocycles. The lowest BCUT2D eigenvalue weighted by atomic mass is 9.88. The minimum Gasteiger partial charge on any atom is -0.486 e. The first-order valence-electron chi connectivity index (χ1n) is 8.86. The van der Waals surface area contributed by atoms with Crippen LogP contribution in [-0.2, 0) is 6.54 Å². The summed E-state index contributed by atoms with van der Waals surface area (Å²) in [6.07, 6.45) is 7.45. The highest BCUT2D eigenvalue weighted by Crippen LogP contribution is 2.38. The highest BCUT2D eigenvalue weighted by Gasteiger charge is 2.24.